The molecule has 0 saturated heterocycles. The van der Waals surface area contributed by atoms with Crippen LogP contribution in [0.25, 0.3) is 11.4 Å². The number of hydrogen-bond donors (Lipinski definition) is 0. The van der Waals surface area contributed by atoms with Crippen LogP contribution in [-0.4, -0.2) is 40.7 Å². The zero-order valence-corrected chi connectivity index (χ0v) is 14.7. The SMILES string of the molecule is COCCC(=O)N(Cc1ccc(-c2noc(C(F)(F)F)n2)cc1)C(C)C. The van der Waals surface area contributed by atoms with Gasteiger partial charge in [0.25, 0.3) is 0 Å². The molecule has 1 aromatic carbocycles. The molecule has 2 aromatic rings. The van der Waals surface area contributed by atoms with Crippen molar-refractivity contribution in [1.82, 2.24) is 15.0 Å². The number of halogens is 3. The lowest BCUT2D eigenvalue weighted by molar-refractivity contribution is -0.159. The minimum absolute atomic E-state index is 0.00517. The largest absolute Gasteiger partial charge is 0.471 e. The van der Waals surface area contributed by atoms with E-state index in [0.717, 1.165) is 5.56 Å². The molecule has 0 radical (unpaired) electrons. The molecule has 0 aliphatic heterocycles. The van der Waals surface area contributed by atoms with Gasteiger partial charge in [-0.05, 0) is 19.4 Å². The number of rotatable bonds is 7. The van der Waals surface area contributed by atoms with Crippen LogP contribution >= 0.6 is 0 Å². The molecule has 0 fully saturated rings. The average molecular weight is 371 g/mol. The second-order valence-electron chi connectivity index (χ2n) is 5.98. The van der Waals surface area contributed by atoms with Crippen molar-refractivity contribution >= 4 is 5.91 Å². The summed E-state index contributed by atoms with van der Waals surface area (Å²) in [6, 6.07) is 6.64. The van der Waals surface area contributed by atoms with E-state index < -0.39 is 12.1 Å². The third kappa shape index (κ3) is 5.04. The van der Waals surface area contributed by atoms with E-state index in [9.17, 15) is 18.0 Å². The van der Waals surface area contributed by atoms with Crippen molar-refractivity contribution in [3.8, 4) is 11.4 Å². The Bertz CT molecular complexity index is 727. The fraction of sp³-hybridized carbons (Fsp3) is 0.471. The van der Waals surface area contributed by atoms with Gasteiger partial charge < -0.3 is 14.2 Å². The van der Waals surface area contributed by atoms with Crippen molar-refractivity contribution < 1.29 is 27.2 Å². The normalized spacial score (nSPS) is 11.8. The summed E-state index contributed by atoms with van der Waals surface area (Å²) in [7, 11) is 1.54. The second-order valence-corrected chi connectivity index (χ2v) is 5.98. The standard InChI is InChI=1S/C17H20F3N3O3/c1-11(2)23(14(24)8-9-25-3)10-12-4-6-13(7-5-12)15-21-16(26-22-15)17(18,19)20/h4-7,11H,8-10H2,1-3H3. The Kier molecular flexibility index (Phi) is 6.36. The van der Waals surface area contributed by atoms with Gasteiger partial charge in [0.2, 0.25) is 11.7 Å². The zero-order valence-electron chi connectivity index (χ0n) is 14.7. The Morgan fingerprint density at radius 3 is 2.42 bits per heavy atom. The molecule has 2 rings (SSSR count). The molecule has 0 saturated carbocycles. The number of hydrogen-bond acceptors (Lipinski definition) is 5. The third-order valence-corrected chi connectivity index (χ3v) is 3.70. The zero-order chi connectivity index (χ0) is 19.3. The highest BCUT2D eigenvalue weighted by atomic mass is 19.4. The van der Waals surface area contributed by atoms with E-state index in [2.05, 4.69) is 14.7 Å². The van der Waals surface area contributed by atoms with Crippen molar-refractivity contribution in [2.45, 2.75) is 39.0 Å². The minimum Gasteiger partial charge on any atom is -0.384 e. The van der Waals surface area contributed by atoms with Crippen LogP contribution in [0.1, 0.15) is 31.7 Å². The summed E-state index contributed by atoms with van der Waals surface area (Å²) in [4.78, 5) is 17.3. The first-order valence-corrected chi connectivity index (χ1v) is 8.01. The van der Waals surface area contributed by atoms with Crippen LogP contribution < -0.4 is 0 Å². The molecule has 0 aliphatic rings. The molecule has 0 atom stereocenters. The van der Waals surface area contributed by atoms with Crippen LogP contribution in [0.4, 0.5) is 13.2 Å². The van der Waals surface area contributed by atoms with Gasteiger partial charge in [-0.2, -0.15) is 18.2 Å². The van der Waals surface area contributed by atoms with Crippen LogP contribution in [-0.2, 0) is 22.3 Å². The van der Waals surface area contributed by atoms with E-state index in [-0.39, 0.29) is 24.2 Å². The van der Waals surface area contributed by atoms with Gasteiger partial charge in [0.05, 0.1) is 13.0 Å². The number of ether oxygens (including phenoxy) is 1. The van der Waals surface area contributed by atoms with Crippen molar-refractivity contribution in [3.05, 3.63) is 35.7 Å². The van der Waals surface area contributed by atoms with Crippen LogP contribution in [0, 0.1) is 0 Å². The first-order chi connectivity index (χ1) is 12.2. The van der Waals surface area contributed by atoms with E-state index in [4.69, 9.17) is 4.74 Å². The molecule has 0 aliphatic carbocycles. The van der Waals surface area contributed by atoms with Crippen LogP contribution in [0.2, 0.25) is 0 Å². The quantitative estimate of drug-likeness (QED) is 0.745. The molecule has 142 valence electrons. The Hall–Kier alpha value is -2.42. The summed E-state index contributed by atoms with van der Waals surface area (Å²) in [5, 5.41) is 3.35. The smallest absolute Gasteiger partial charge is 0.384 e. The van der Waals surface area contributed by atoms with Gasteiger partial charge in [-0.25, -0.2) is 0 Å². The molecule has 9 heteroatoms. The lowest BCUT2D eigenvalue weighted by Crippen LogP contribution is -2.36. The maximum absolute atomic E-state index is 12.5. The Labute approximate surface area is 148 Å². The molecule has 0 N–H and O–H groups in total. The van der Waals surface area contributed by atoms with E-state index in [1.165, 1.54) is 7.11 Å². The van der Waals surface area contributed by atoms with Crippen molar-refractivity contribution in [1.29, 1.82) is 0 Å². The maximum atomic E-state index is 12.5. The van der Waals surface area contributed by atoms with Gasteiger partial charge in [-0.15, -0.1) is 0 Å². The Morgan fingerprint density at radius 2 is 1.92 bits per heavy atom. The highest BCUT2D eigenvalue weighted by Crippen LogP contribution is 2.29. The van der Waals surface area contributed by atoms with Crippen LogP contribution in [0.5, 0.6) is 0 Å². The topological polar surface area (TPSA) is 68.5 Å². The summed E-state index contributed by atoms with van der Waals surface area (Å²) in [6.45, 7) is 4.56. The summed E-state index contributed by atoms with van der Waals surface area (Å²) in [5.41, 5.74) is 1.24. The number of nitrogens with zero attached hydrogens (tertiary/aromatic N) is 3. The molecule has 0 spiro atoms. The molecule has 26 heavy (non-hydrogen) atoms. The number of benzene rings is 1. The first kappa shape index (κ1) is 19.9. The van der Waals surface area contributed by atoms with Gasteiger partial charge in [-0.1, -0.05) is 29.4 Å². The Balaban J connectivity index is 2.10. The second kappa shape index (κ2) is 8.31. The molecular formula is C17H20F3N3O3. The van der Waals surface area contributed by atoms with E-state index in [1.54, 1.807) is 29.2 Å². The van der Waals surface area contributed by atoms with Gasteiger partial charge in [-0.3, -0.25) is 4.79 Å². The first-order valence-electron chi connectivity index (χ1n) is 8.01. The molecule has 0 unspecified atom stereocenters. The van der Waals surface area contributed by atoms with Gasteiger partial charge in [0.1, 0.15) is 0 Å². The number of alkyl halides is 3. The van der Waals surface area contributed by atoms with E-state index in [1.807, 2.05) is 13.8 Å². The van der Waals surface area contributed by atoms with Crippen LogP contribution in [0.3, 0.4) is 0 Å². The van der Waals surface area contributed by atoms with Crippen molar-refractivity contribution in [2.75, 3.05) is 13.7 Å². The molecule has 6 nitrogen and oxygen atoms in total. The van der Waals surface area contributed by atoms with Gasteiger partial charge in [0.15, 0.2) is 0 Å². The van der Waals surface area contributed by atoms with E-state index >= 15 is 0 Å². The maximum Gasteiger partial charge on any atom is 0.471 e. The van der Waals surface area contributed by atoms with Crippen molar-refractivity contribution in [3.63, 3.8) is 0 Å². The van der Waals surface area contributed by atoms with E-state index in [0.29, 0.717) is 18.7 Å². The number of carbonyl (C=O) groups excluding carboxylic acids is 1. The predicted molar refractivity (Wildman–Crippen MR) is 86.9 cm³/mol. The highest BCUT2D eigenvalue weighted by Gasteiger charge is 2.38. The minimum atomic E-state index is -4.68. The van der Waals surface area contributed by atoms with Gasteiger partial charge in [0, 0.05) is 25.3 Å². The van der Waals surface area contributed by atoms with Crippen LogP contribution in [0.15, 0.2) is 28.8 Å². The third-order valence-electron chi connectivity index (χ3n) is 3.70. The molecule has 1 amide bonds. The number of methoxy groups -OCH3 is 1. The Morgan fingerprint density at radius 1 is 1.27 bits per heavy atom. The summed E-state index contributed by atoms with van der Waals surface area (Å²) in [5.74, 6) is -1.55. The fourth-order valence-corrected chi connectivity index (χ4v) is 2.30. The highest BCUT2D eigenvalue weighted by molar-refractivity contribution is 5.76. The molecular weight excluding hydrogens is 351 g/mol. The molecule has 1 aromatic heterocycles. The predicted octanol–water partition coefficient (Wildman–Crippen LogP) is 3.53. The summed E-state index contributed by atoms with van der Waals surface area (Å²) < 4.78 is 46.7. The average Bonchev–Trinajstić information content (AvgIpc) is 3.08. The summed E-state index contributed by atoms with van der Waals surface area (Å²) in [6.07, 6.45) is -4.39. The van der Waals surface area contributed by atoms with Crippen molar-refractivity contribution in [2.24, 2.45) is 0 Å². The molecule has 1 heterocycles. The lowest BCUT2D eigenvalue weighted by Gasteiger charge is -2.27. The number of amides is 1. The van der Waals surface area contributed by atoms with Gasteiger partial charge >= 0.3 is 12.1 Å². The number of aromatic nitrogens is 2. The fourth-order valence-electron chi connectivity index (χ4n) is 2.30. The monoisotopic (exact) mass is 371 g/mol. The number of carbonyl (C=O) groups is 1. The summed E-state index contributed by atoms with van der Waals surface area (Å²) >= 11 is 0. The lowest BCUT2D eigenvalue weighted by atomic mass is 10.1. The molecule has 0 bridgehead atoms.